The van der Waals surface area contributed by atoms with Gasteiger partial charge in [-0.25, -0.2) is 0 Å². The largest absolute Gasteiger partial charge is 0.380 e. The Labute approximate surface area is 192 Å². The van der Waals surface area contributed by atoms with Crippen molar-refractivity contribution < 1.29 is 14.3 Å². The number of likely N-dealkylation sites (tertiary alicyclic amines) is 1. The van der Waals surface area contributed by atoms with E-state index < -0.39 is 0 Å². The number of thiophene rings is 1. The third-order valence-corrected chi connectivity index (χ3v) is 8.62. The zero-order chi connectivity index (χ0) is 20.2. The number of fused-ring (bicyclic) bond motifs is 3. The lowest BCUT2D eigenvalue weighted by molar-refractivity contribution is -0.151. The summed E-state index contributed by atoms with van der Waals surface area (Å²) in [6.45, 7) is 5.10. The number of piperidine rings is 1. The van der Waals surface area contributed by atoms with E-state index in [1.807, 2.05) is 17.5 Å². The first-order valence-corrected chi connectivity index (χ1v) is 11.6. The van der Waals surface area contributed by atoms with Crippen LogP contribution in [0.25, 0.3) is 10.6 Å². The van der Waals surface area contributed by atoms with Crippen LogP contribution in [0.5, 0.6) is 0 Å². The fourth-order valence-electron chi connectivity index (χ4n) is 5.66. The number of ether oxygens (including phenoxy) is 2. The van der Waals surface area contributed by atoms with Gasteiger partial charge in [0.1, 0.15) is 0 Å². The molecule has 6 heterocycles. The van der Waals surface area contributed by atoms with Crippen LogP contribution in [-0.2, 0) is 26.3 Å². The Balaban J connectivity index is 0.00000204. The van der Waals surface area contributed by atoms with E-state index >= 15 is 0 Å². The second-order valence-electron chi connectivity index (χ2n) is 8.92. The molecule has 0 bridgehead atoms. The lowest BCUT2D eigenvalue weighted by Crippen LogP contribution is -2.54. The molecule has 7 nitrogen and oxygen atoms in total. The van der Waals surface area contributed by atoms with Gasteiger partial charge in [-0.3, -0.25) is 14.8 Å². The van der Waals surface area contributed by atoms with E-state index in [1.54, 1.807) is 12.4 Å². The Morgan fingerprint density at radius 1 is 1.29 bits per heavy atom. The van der Waals surface area contributed by atoms with Gasteiger partial charge in [0.25, 0.3) is 0 Å². The van der Waals surface area contributed by atoms with Crippen LogP contribution in [0.2, 0.25) is 0 Å². The summed E-state index contributed by atoms with van der Waals surface area (Å²) in [5.41, 5.74) is 1.58. The summed E-state index contributed by atoms with van der Waals surface area (Å²) in [6.07, 6.45) is 7.89. The van der Waals surface area contributed by atoms with E-state index in [9.17, 15) is 4.79 Å². The third-order valence-electron chi connectivity index (χ3n) is 7.40. The quantitative estimate of drug-likeness (QED) is 0.737. The highest BCUT2D eigenvalue weighted by Gasteiger charge is 2.55. The molecule has 9 heteroatoms. The molecule has 0 saturated carbocycles. The molecular weight excluding hydrogens is 436 g/mol. The van der Waals surface area contributed by atoms with Gasteiger partial charge >= 0.3 is 0 Å². The highest BCUT2D eigenvalue weighted by atomic mass is 35.5. The van der Waals surface area contributed by atoms with Gasteiger partial charge in [-0.1, -0.05) is 0 Å². The number of amides is 1. The molecule has 2 atom stereocenters. The minimum atomic E-state index is -0.357. The van der Waals surface area contributed by atoms with Crippen LogP contribution >= 0.6 is 23.7 Å². The van der Waals surface area contributed by atoms with Crippen molar-refractivity contribution in [2.24, 2.45) is 11.3 Å². The first-order valence-electron chi connectivity index (χ1n) is 10.8. The maximum absolute atomic E-state index is 13.5. The van der Waals surface area contributed by atoms with Crippen LogP contribution in [0.4, 0.5) is 0 Å². The Bertz CT molecular complexity index is 951. The summed E-state index contributed by atoms with van der Waals surface area (Å²) in [6, 6.07) is 2.25. The second-order valence-corrected chi connectivity index (χ2v) is 10.1. The molecule has 0 radical (unpaired) electrons. The zero-order valence-electron chi connectivity index (χ0n) is 17.3. The number of rotatable bonds is 2. The van der Waals surface area contributed by atoms with E-state index in [4.69, 9.17) is 9.47 Å². The van der Waals surface area contributed by atoms with Crippen molar-refractivity contribution in [3.63, 3.8) is 0 Å². The molecule has 6 rings (SSSR count). The average molecular weight is 463 g/mol. The van der Waals surface area contributed by atoms with Gasteiger partial charge in [-0.2, -0.15) is 0 Å². The van der Waals surface area contributed by atoms with Crippen molar-refractivity contribution in [3.8, 4) is 10.6 Å². The van der Waals surface area contributed by atoms with E-state index in [0.29, 0.717) is 19.1 Å². The molecule has 1 N–H and O–H groups in total. The van der Waals surface area contributed by atoms with Crippen LogP contribution < -0.4 is 5.32 Å². The van der Waals surface area contributed by atoms with Crippen LogP contribution in [-0.4, -0.2) is 66.8 Å². The molecule has 2 aromatic heterocycles. The van der Waals surface area contributed by atoms with Crippen molar-refractivity contribution in [1.29, 1.82) is 0 Å². The minimum Gasteiger partial charge on any atom is -0.380 e. The molecule has 1 spiro atoms. The number of aromatic nitrogens is 2. The smallest absolute Gasteiger partial charge is 0.232 e. The molecule has 4 aliphatic rings. The fourth-order valence-corrected chi connectivity index (χ4v) is 6.85. The standard InChI is InChI=1S/C22H26N4O3S.ClH/c27-20(21-13-24-10-15(21)12-28-14-21)26-6-2-22(3-7-26)16-9-19(17-11-23-4-5-25-17)30-18(16)1-8-29-22;/h4-5,9,11,15,24H,1-3,6-8,10,12-14H2;1H/t15-,21-;/m0./s1. The number of nitrogens with zero attached hydrogens (tertiary/aromatic N) is 3. The number of hydrogen-bond acceptors (Lipinski definition) is 7. The van der Waals surface area contributed by atoms with Crippen molar-refractivity contribution >= 4 is 29.7 Å². The average Bonchev–Trinajstić information content (AvgIpc) is 3.49. The highest BCUT2D eigenvalue weighted by Crippen LogP contribution is 2.47. The first-order chi connectivity index (χ1) is 14.7. The van der Waals surface area contributed by atoms with Crippen LogP contribution in [0, 0.1) is 11.3 Å². The van der Waals surface area contributed by atoms with E-state index in [0.717, 1.165) is 62.6 Å². The van der Waals surface area contributed by atoms with E-state index in [2.05, 4.69) is 26.3 Å². The van der Waals surface area contributed by atoms with Gasteiger partial charge in [0.15, 0.2) is 0 Å². The third kappa shape index (κ3) is 3.31. The molecule has 0 aromatic carbocycles. The van der Waals surface area contributed by atoms with Crippen LogP contribution in [0.15, 0.2) is 24.7 Å². The normalized spacial score (nSPS) is 28.8. The van der Waals surface area contributed by atoms with Crippen molar-refractivity contribution in [2.75, 3.05) is 46.0 Å². The highest BCUT2D eigenvalue weighted by molar-refractivity contribution is 7.15. The molecule has 4 aliphatic heterocycles. The number of carbonyl (C=O) groups excluding carboxylic acids is 1. The van der Waals surface area contributed by atoms with Crippen molar-refractivity contribution in [2.45, 2.75) is 24.9 Å². The van der Waals surface area contributed by atoms with Crippen molar-refractivity contribution in [1.82, 2.24) is 20.2 Å². The van der Waals surface area contributed by atoms with Crippen LogP contribution in [0.3, 0.4) is 0 Å². The number of halogens is 1. The predicted molar refractivity (Wildman–Crippen MR) is 119 cm³/mol. The molecule has 166 valence electrons. The second kappa shape index (κ2) is 8.08. The summed E-state index contributed by atoms with van der Waals surface area (Å²) in [7, 11) is 0. The Morgan fingerprint density at radius 3 is 2.97 bits per heavy atom. The Hall–Kier alpha value is -1.58. The summed E-state index contributed by atoms with van der Waals surface area (Å²) in [5.74, 6) is 0.580. The number of hydrogen-bond donors (Lipinski definition) is 1. The van der Waals surface area contributed by atoms with Gasteiger partial charge < -0.3 is 19.7 Å². The predicted octanol–water partition coefficient (Wildman–Crippen LogP) is 2.25. The van der Waals surface area contributed by atoms with Gasteiger partial charge in [0, 0.05) is 55.8 Å². The van der Waals surface area contributed by atoms with Gasteiger partial charge in [0.2, 0.25) is 5.91 Å². The molecule has 3 fully saturated rings. The summed E-state index contributed by atoms with van der Waals surface area (Å²) in [4.78, 5) is 26.8. The fraction of sp³-hybridized carbons (Fsp3) is 0.591. The van der Waals surface area contributed by atoms with E-state index in [-0.39, 0.29) is 29.3 Å². The minimum absolute atomic E-state index is 0. The first kappa shape index (κ1) is 21.3. The summed E-state index contributed by atoms with van der Waals surface area (Å²) < 4.78 is 12.1. The van der Waals surface area contributed by atoms with Gasteiger partial charge in [-0.15, -0.1) is 23.7 Å². The molecule has 0 unspecified atom stereocenters. The zero-order valence-corrected chi connectivity index (χ0v) is 19.0. The van der Waals surface area contributed by atoms with Gasteiger partial charge in [-0.05, 0) is 24.5 Å². The van der Waals surface area contributed by atoms with Gasteiger partial charge in [0.05, 0.1) is 47.6 Å². The lowest BCUT2D eigenvalue weighted by Gasteiger charge is -2.45. The molecule has 2 aromatic rings. The topological polar surface area (TPSA) is 76.6 Å². The maximum Gasteiger partial charge on any atom is 0.232 e. The molecule has 3 saturated heterocycles. The molecule has 1 amide bonds. The maximum atomic E-state index is 13.5. The monoisotopic (exact) mass is 462 g/mol. The molecule has 31 heavy (non-hydrogen) atoms. The van der Waals surface area contributed by atoms with Crippen molar-refractivity contribution in [3.05, 3.63) is 35.1 Å². The number of nitrogens with one attached hydrogen (secondary N) is 1. The summed E-state index contributed by atoms with van der Waals surface area (Å²) >= 11 is 1.81. The summed E-state index contributed by atoms with van der Waals surface area (Å²) in [5, 5.41) is 3.41. The van der Waals surface area contributed by atoms with Crippen LogP contribution in [0.1, 0.15) is 23.3 Å². The number of carbonyl (C=O) groups is 1. The SMILES string of the molecule is Cl.O=C(N1CCC2(CC1)OCCc1sc(-c3cnccn3)cc12)[C@]12CNC[C@H]1COC2. The Kier molecular flexibility index (Phi) is 5.55. The molecular formula is C22H27ClN4O3S. The lowest BCUT2D eigenvalue weighted by atomic mass is 9.77. The molecule has 0 aliphatic carbocycles. The Morgan fingerprint density at radius 2 is 2.16 bits per heavy atom. The van der Waals surface area contributed by atoms with E-state index in [1.165, 1.54) is 10.4 Å².